The van der Waals surface area contributed by atoms with Crippen molar-refractivity contribution in [3.05, 3.63) is 59.3 Å². The van der Waals surface area contributed by atoms with Gasteiger partial charge in [0.2, 0.25) is 0 Å². The summed E-state index contributed by atoms with van der Waals surface area (Å²) in [6.45, 7) is 7.52. The molecule has 0 aliphatic rings. The van der Waals surface area contributed by atoms with E-state index < -0.39 is 0 Å². The molecular formula is C22H32N6O. The third-order valence-corrected chi connectivity index (χ3v) is 4.70. The van der Waals surface area contributed by atoms with Crippen LogP contribution in [-0.4, -0.2) is 50.6 Å². The number of guanidine groups is 1. The van der Waals surface area contributed by atoms with Crippen LogP contribution in [0.1, 0.15) is 35.3 Å². The normalized spacial score (nSPS) is 11.1. The van der Waals surface area contributed by atoms with Gasteiger partial charge in [0.25, 0.3) is 5.91 Å². The van der Waals surface area contributed by atoms with Crippen LogP contribution in [0.3, 0.4) is 0 Å². The Kier molecular flexibility index (Phi) is 8.95. The lowest BCUT2D eigenvalue weighted by Gasteiger charge is -2.19. The standard InChI is InChI=1S/C22H32N6O/c1-5-28(6-2)20-11-10-18(15-26-20)16-27-22(24-4)25-13-12-17-8-7-9-19(14-17)21(29)23-3/h7-11,14-15H,5-6,12-13,16H2,1-4H3,(H,23,29)(H2,24,25,27). The number of anilines is 1. The Morgan fingerprint density at radius 3 is 2.52 bits per heavy atom. The Morgan fingerprint density at radius 2 is 1.90 bits per heavy atom. The minimum atomic E-state index is -0.0714. The second kappa shape index (κ2) is 11.7. The first-order chi connectivity index (χ1) is 14.1. The van der Waals surface area contributed by atoms with Crippen LogP contribution in [0.5, 0.6) is 0 Å². The van der Waals surface area contributed by atoms with Gasteiger partial charge in [-0.25, -0.2) is 4.98 Å². The summed E-state index contributed by atoms with van der Waals surface area (Å²) in [5, 5.41) is 9.27. The van der Waals surface area contributed by atoms with E-state index in [2.05, 4.69) is 56.8 Å². The fourth-order valence-electron chi connectivity index (χ4n) is 3.00. The molecule has 0 aliphatic heterocycles. The van der Waals surface area contributed by atoms with Gasteiger partial charge in [0.1, 0.15) is 5.82 Å². The number of carbonyl (C=O) groups is 1. The van der Waals surface area contributed by atoms with Crippen molar-refractivity contribution in [1.29, 1.82) is 0 Å². The van der Waals surface area contributed by atoms with Crippen molar-refractivity contribution in [1.82, 2.24) is 20.9 Å². The summed E-state index contributed by atoms with van der Waals surface area (Å²) in [5.74, 6) is 1.67. The van der Waals surface area contributed by atoms with Gasteiger partial charge in [-0.3, -0.25) is 9.79 Å². The van der Waals surface area contributed by atoms with Crippen molar-refractivity contribution in [2.45, 2.75) is 26.8 Å². The van der Waals surface area contributed by atoms with Crippen LogP contribution in [0.2, 0.25) is 0 Å². The lowest BCUT2D eigenvalue weighted by molar-refractivity contribution is 0.0963. The molecule has 7 heteroatoms. The first-order valence-corrected chi connectivity index (χ1v) is 10.1. The van der Waals surface area contributed by atoms with E-state index in [1.165, 1.54) is 0 Å². The Bertz CT molecular complexity index is 799. The average molecular weight is 397 g/mol. The molecule has 2 rings (SSSR count). The predicted molar refractivity (Wildman–Crippen MR) is 120 cm³/mol. The Balaban J connectivity index is 1.82. The second-order valence-corrected chi connectivity index (χ2v) is 6.58. The number of carbonyl (C=O) groups excluding carboxylic acids is 1. The van der Waals surface area contributed by atoms with E-state index in [4.69, 9.17) is 0 Å². The number of nitrogens with zero attached hydrogens (tertiary/aromatic N) is 3. The van der Waals surface area contributed by atoms with E-state index in [1.807, 2.05) is 30.5 Å². The van der Waals surface area contributed by atoms with Crippen LogP contribution in [0.4, 0.5) is 5.82 Å². The summed E-state index contributed by atoms with van der Waals surface area (Å²) < 4.78 is 0. The molecule has 156 valence electrons. The van der Waals surface area contributed by atoms with Gasteiger partial charge >= 0.3 is 0 Å². The highest BCUT2D eigenvalue weighted by atomic mass is 16.1. The minimum absolute atomic E-state index is 0.0714. The number of rotatable bonds is 9. The molecule has 0 bridgehead atoms. The number of hydrogen-bond donors (Lipinski definition) is 3. The Hall–Kier alpha value is -3.09. The third kappa shape index (κ3) is 6.78. The summed E-state index contributed by atoms with van der Waals surface area (Å²) in [5.41, 5.74) is 2.88. The van der Waals surface area contributed by atoms with E-state index in [-0.39, 0.29) is 5.91 Å². The molecule has 1 aromatic carbocycles. The molecule has 29 heavy (non-hydrogen) atoms. The molecule has 0 aliphatic carbocycles. The van der Waals surface area contributed by atoms with Crippen LogP contribution in [0.15, 0.2) is 47.6 Å². The first-order valence-electron chi connectivity index (χ1n) is 10.1. The Labute approximate surface area is 173 Å². The van der Waals surface area contributed by atoms with Gasteiger partial charge in [0, 0.05) is 52.0 Å². The summed E-state index contributed by atoms with van der Waals surface area (Å²) in [4.78, 5) is 22.8. The van der Waals surface area contributed by atoms with Crippen LogP contribution in [-0.2, 0) is 13.0 Å². The number of aliphatic imine (C=N–C) groups is 1. The molecule has 2 aromatic rings. The molecule has 1 amide bonds. The summed E-state index contributed by atoms with van der Waals surface area (Å²) in [6.07, 6.45) is 2.70. The zero-order valence-corrected chi connectivity index (χ0v) is 17.8. The van der Waals surface area contributed by atoms with E-state index >= 15 is 0 Å². The smallest absolute Gasteiger partial charge is 0.251 e. The van der Waals surface area contributed by atoms with Crippen molar-refractivity contribution in [3.8, 4) is 0 Å². The molecule has 0 unspecified atom stereocenters. The first kappa shape index (κ1) is 22.2. The lowest BCUT2D eigenvalue weighted by Crippen LogP contribution is -2.37. The molecule has 0 atom stereocenters. The second-order valence-electron chi connectivity index (χ2n) is 6.58. The molecule has 7 nitrogen and oxygen atoms in total. The van der Waals surface area contributed by atoms with Gasteiger partial charge in [-0.05, 0) is 49.6 Å². The highest BCUT2D eigenvalue weighted by molar-refractivity contribution is 5.94. The monoisotopic (exact) mass is 396 g/mol. The predicted octanol–water partition coefficient (Wildman–Crippen LogP) is 2.20. The van der Waals surface area contributed by atoms with Gasteiger partial charge in [-0.15, -0.1) is 0 Å². The molecule has 0 saturated carbocycles. The number of nitrogens with one attached hydrogen (secondary N) is 3. The quantitative estimate of drug-likeness (QED) is 0.447. The van der Waals surface area contributed by atoms with Crippen molar-refractivity contribution < 1.29 is 4.79 Å². The fraction of sp³-hybridized carbons (Fsp3) is 0.409. The maximum atomic E-state index is 11.7. The number of benzene rings is 1. The molecule has 0 fully saturated rings. The fourth-order valence-corrected chi connectivity index (χ4v) is 3.00. The van der Waals surface area contributed by atoms with Crippen molar-refractivity contribution in [3.63, 3.8) is 0 Å². The maximum Gasteiger partial charge on any atom is 0.251 e. The maximum absolute atomic E-state index is 11.7. The van der Waals surface area contributed by atoms with E-state index in [0.717, 1.165) is 49.0 Å². The lowest BCUT2D eigenvalue weighted by atomic mass is 10.1. The van der Waals surface area contributed by atoms with E-state index in [9.17, 15) is 4.79 Å². The minimum Gasteiger partial charge on any atom is -0.357 e. The molecule has 3 N–H and O–H groups in total. The SMILES string of the molecule is CCN(CC)c1ccc(CNC(=NC)NCCc2cccc(C(=O)NC)c2)cn1. The van der Waals surface area contributed by atoms with Crippen LogP contribution < -0.4 is 20.9 Å². The molecule has 0 radical (unpaired) electrons. The molecule has 1 aromatic heterocycles. The van der Waals surface area contributed by atoms with Gasteiger partial charge in [-0.2, -0.15) is 0 Å². The number of pyridine rings is 1. The van der Waals surface area contributed by atoms with Gasteiger partial charge in [0.05, 0.1) is 0 Å². The van der Waals surface area contributed by atoms with Gasteiger partial charge in [0.15, 0.2) is 5.96 Å². The summed E-state index contributed by atoms with van der Waals surface area (Å²) >= 11 is 0. The van der Waals surface area contributed by atoms with E-state index in [0.29, 0.717) is 12.1 Å². The van der Waals surface area contributed by atoms with Crippen LogP contribution in [0.25, 0.3) is 0 Å². The number of aromatic nitrogens is 1. The Morgan fingerprint density at radius 1 is 1.10 bits per heavy atom. The van der Waals surface area contributed by atoms with Crippen molar-refractivity contribution in [2.24, 2.45) is 4.99 Å². The van der Waals surface area contributed by atoms with Crippen LogP contribution >= 0.6 is 0 Å². The number of amides is 1. The highest BCUT2D eigenvalue weighted by Crippen LogP contribution is 2.10. The zero-order valence-electron chi connectivity index (χ0n) is 17.8. The summed E-state index contributed by atoms with van der Waals surface area (Å²) in [6, 6.07) is 11.8. The highest BCUT2D eigenvalue weighted by Gasteiger charge is 2.05. The van der Waals surface area contributed by atoms with Gasteiger partial charge in [-0.1, -0.05) is 18.2 Å². The number of hydrogen-bond acceptors (Lipinski definition) is 4. The molecule has 1 heterocycles. The van der Waals surface area contributed by atoms with E-state index in [1.54, 1.807) is 14.1 Å². The molecular weight excluding hydrogens is 364 g/mol. The van der Waals surface area contributed by atoms with Crippen LogP contribution in [0, 0.1) is 0 Å². The molecule has 0 spiro atoms. The average Bonchev–Trinajstić information content (AvgIpc) is 2.77. The zero-order chi connectivity index (χ0) is 21.1. The third-order valence-electron chi connectivity index (χ3n) is 4.70. The molecule has 0 saturated heterocycles. The van der Waals surface area contributed by atoms with Crippen molar-refractivity contribution in [2.75, 3.05) is 38.6 Å². The van der Waals surface area contributed by atoms with Crippen molar-refractivity contribution >= 4 is 17.7 Å². The summed E-state index contributed by atoms with van der Waals surface area (Å²) in [7, 11) is 3.39. The van der Waals surface area contributed by atoms with Gasteiger partial charge < -0.3 is 20.9 Å². The topological polar surface area (TPSA) is 81.6 Å². The largest absolute Gasteiger partial charge is 0.357 e.